The Morgan fingerprint density at radius 3 is 2.88 bits per heavy atom. The Kier molecular flexibility index (Phi) is 2.28. The van der Waals surface area contributed by atoms with E-state index >= 15 is 0 Å². The van der Waals surface area contributed by atoms with Crippen molar-refractivity contribution in [3.05, 3.63) is 52.7 Å². The molecule has 0 fully saturated rings. The maximum Gasteiger partial charge on any atom is 0.170 e. The summed E-state index contributed by atoms with van der Waals surface area (Å²) < 4.78 is 5.67. The molecule has 2 heterocycles. The van der Waals surface area contributed by atoms with Crippen molar-refractivity contribution in [3.63, 3.8) is 0 Å². The van der Waals surface area contributed by atoms with E-state index in [0.717, 1.165) is 11.0 Å². The van der Waals surface area contributed by atoms with Crippen molar-refractivity contribution in [2.45, 2.75) is 12.5 Å². The summed E-state index contributed by atoms with van der Waals surface area (Å²) >= 11 is 1.41. The molecule has 0 aliphatic rings. The van der Waals surface area contributed by atoms with Crippen LogP contribution in [0.1, 0.15) is 17.7 Å². The number of hydrogen-bond acceptors (Lipinski definition) is 4. The largest absolute Gasteiger partial charge is 0.458 e. The van der Waals surface area contributed by atoms with Crippen LogP contribution in [0.4, 0.5) is 0 Å². The third-order valence-electron chi connectivity index (χ3n) is 2.75. The van der Waals surface area contributed by atoms with Gasteiger partial charge in [-0.25, -0.2) is 4.98 Å². The molecule has 3 aromatic rings. The molecule has 86 valence electrons. The number of thiazole rings is 1. The summed E-state index contributed by atoms with van der Waals surface area (Å²) in [5.41, 5.74) is -0.396. The first-order valence-electron chi connectivity index (χ1n) is 5.29. The van der Waals surface area contributed by atoms with E-state index in [1.807, 2.05) is 35.7 Å². The van der Waals surface area contributed by atoms with Gasteiger partial charge >= 0.3 is 0 Å². The number of fused-ring (bicyclic) bond motifs is 1. The maximum atomic E-state index is 10.5. The van der Waals surface area contributed by atoms with Crippen molar-refractivity contribution in [2.75, 3.05) is 0 Å². The molecule has 3 rings (SSSR count). The van der Waals surface area contributed by atoms with Crippen LogP contribution >= 0.6 is 11.3 Å². The second kappa shape index (κ2) is 3.68. The first-order chi connectivity index (χ1) is 8.18. The van der Waals surface area contributed by atoms with Crippen LogP contribution in [-0.4, -0.2) is 10.1 Å². The molecule has 3 nitrogen and oxygen atoms in total. The summed E-state index contributed by atoms with van der Waals surface area (Å²) in [6.07, 6.45) is 1.68. The molecule has 1 unspecified atom stereocenters. The lowest BCUT2D eigenvalue weighted by atomic mass is 10.0. The third-order valence-corrected chi connectivity index (χ3v) is 3.74. The van der Waals surface area contributed by atoms with E-state index in [9.17, 15) is 5.11 Å². The van der Waals surface area contributed by atoms with Crippen LogP contribution in [0.3, 0.4) is 0 Å². The Balaban J connectivity index is 2.15. The monoisotopic (exact) mass is 245 g/mol. The van der Waals surface area contributed by atoms with Crippen molar-refractivity contribution < 1.29 is 9.52 Å². The minimum atomic E-state index is -1.17. The van der Waals surface area contributed by atoms with Gasteiger partial charge in [0.25, 0.3) is 0 Å². The van der Waals surface area contributed by atoms with E-state index in [0.29, 0.717) is 10.8 Å². The summed E-state index contributed by atoms with van der Waals surface area (Å²) in [5.74, 6) is 0.522. The first kappa shape index (κ1) is 10.5. The molecule has 1 atom stereocenters. The van der Waals surface area contributed by atoms with Gasteiger partial charge in [-0.2, -0.15) is 0 Å². The second-order valence-electron chi connectivity index (χ2n) is 4.06. The van der Waals surface area contributed by atoms with E-state index in [-0.39, 0.29) is 0 Å². The highest BCUT2D eigenvalue weighted by molar-refractivity contribution is 7.09. The SMILES string of the molecule is CC(O)(c1cc2ccccc2o1)c1nccs1. The van der Waals surface area contributed by atoms with Gasteiger partial charge in [0.15, 0.2) is 5.60 Å². The highest BCUT2D eigenvalue weighted by Gasteiger charge is 2.32. The molecular weight excluding hydrogens is 234 g/mol. The fourth-order valence-electron chi connectivity index (χ4n) is 1.79. The predicted molar refractivity (Wildman–Crippen MR) is 67.0 cm³/mol. The number of furan rings is 1. The van der Waals surface area contributed by atoms with Crippen molar-refractivity contribution in [1.29, 1.82) is 0 Å². The minimum absolute atomic E-state index is 0.522. The van der Waals surface area contributed by atoms with Crippen molar-refractivity contribution in [2.24, 2.45) is 0 Å². The predicted octanol–water partition coefficient (Wildman–Crippen LogP) is 3.15. The normalized spacial score (nSPS) is 14.9. The lowest BCUT2D eigenvalue weighted by Gasteiger charge is -2.17. The van der Waals surface area contributed by atoms with Gasteiger partial charge in [0.1, 0.15) is 16.4 Å². The molecule has 1 aromatic carbocycles. The summed E-state index contributed by atoms with van der Waals surface area (Å²) in [6, 6.07) is 9.56. The molecule has 0 saturated carbocycles. The number of benzene rings is 1. The molecule has 0 saturated heterocycles. The lowest BCUT2D eigenvalue weighted by molar-refractivity contribution is 0.0783. The fraction of sp³-hybridized carbons (Fsp3) is 0.154. The Morgan fingerprint density at radius 2 is 2.18 bits per heavy atom. The fourth-order valence-corrected chi connectivity index (χ4v) is 2.49. The van der Waals surface area contributed by atoms with Crippen LogP contribution in [0, 0.1) is 0 Å². The van der Waals surface area contributed by atoms with Crippen LogP contribution in [0.15, 0.2) is 46.3 Å². The van der Waals surface area contributed by atoms with E-state index in [4.69, 9.17) is 4.42 Å². The van der Waals surface area contributed by atoms with Crippen LogP contribution < -0.4 is 0 Å². The Labute approximate surface area is 102 Å². The topological polar surface area (TPSA) is 46.3 Å². The van der Waals surface area contributed by atoms with E-state index in [2.05, 4.69) is 4.98 Å². The van der Waals surface area contributed by atoms with Crippen LogP contribution in [0.2, 0.25) is 0 Å². The summed E-state index contributed by atoms with van der Waals surface area (Å²) in [4.78, 5) is 4.14. The Morgan fingerprint density at radius 1 is 1.35 bits per heavy atom. The summed E-state index contributed by atoms with van der Waals surface area (Å²) in [5, 5.41) is 14.0. The van der Waals surface area contributed by atoms with Gasteiger partial charge in [0, 0.05) is 17.0 Å². The maximum absolute atomic E-state index is 10.5. The average molecular weight is 245 g/mol. The Hall–Kier alpha value is -1.65. The summed E-state index contributed by atoms with van der Waals surface area (Å²) in [6.45, 7) is 1.70. The number of hydrogen-bond donors (Lipinski definition) is 1. The van der Waals surface area contributed by atoms with Gasteiger partial charge in [-0.15, -0.1) is 11.3 Å². The average Bonchev–Trinajstić information content (AvgIpc) is 2.98. The zero-order chi connectivity index (χ0) is 11.9. The molecule has 1 N–H and O–H groups in total. The number of aromatic nitrogens is 1. The second-order valence-corrected chi connectivity index (χ2v) is 4.95. The molecule has 0 amide bonds. The zero-order valence-corrected chi connectivity index (χ0v) is 10.1. The molecule has 0 spiro atoms. The van der Waals surface area contributed by atoms with Gasteiger partial charge in [-0.05, 0) is 19.1 Å². The van der Waals surface area contributed by atoms with Crippen molar-refractivity contribution in [3.8, 4) is 0 Å². The van der Waals surface area contributed by atoms with E-state index in [1.165, 1.54) is 11.3 Å². The minimum Gasteiger partial charge on any atom is -0.458 e. The number of rotatable bonds is 2. The van der Waals surface area contributed by atoms with Gasteiger partial charge in [-0.1, -0.05) is 18.2 Å². The molecule has 0 radical (unpaired) electrons. The van der Waals surface area contributed by atoms with Gasteiger partial charge in [0.05, 0.1) is 0 Å². The van der Waals surface area contributed by atoms with Gasteiger partial charge < -0.3 is 9.52 Å². The standard InChI is InChI=1S/C13H11NO2S/c1-13(15,12-14-6-7-17-12)11-8-9-4-2-3-5-10(9)16-11/h2-8,15H,1H3. The van der Waals surface area contributed by atoms with Crippen LogP contribution in [0.25, 0.3) is 11.0 Å². The third kappa shape index (κ3) is 1.66. The molecule has 2 aromatic heterocycles. The number of nitrogens with zero attached hydrogens (tertiary/aromatic N) is 1. The zero-order valence-electron chi connectivity index (χ0n) is 9.25. The molecule has 17 heavy (non-hydrogen) atoms. The molecular formula is C13H11NO2S. The van der Waals surface area contributed by atoms with E-state index < -0.39 is 5.60 Å². The van der Waals surface area contributed by atoms with Gasteiger partial charge in [0.2, 0.25) is 0 Å². The Bertz CT molecular complexity index is 607. The first-order valence-corrected chi connectivity index (χ1v) is 6.17. The van der Waals surface area contributed by atoms with Crippen molar-refractivity contribution >= 4 is 22.3 Å². The lowest BCUT2D eigenvalue weighted by Crippen LogP contribution is -2.21. The molecule has 0 bridgehead atoms. The van der Waals surface area contributed by atoms with Crippen LogP contribution in [0.5, 0.6) is 0 Å². The van der Waals surface area contributed by atoms with Crippen LogP contribution in [-0.2, 0) is 5.60 Å². The molecule has 4 heteroatoms. The molecule has 0 aliphatic heterocycles. The van der Waals surface area contributed by atoms with Gasteiger partial charge in [-0.3, -0.25) is 0 Å². The molecule has 0 aliphatic carbocycles. The highest BCUT2D eigenvalue weighted by Crippen LogP contribution is 2.33. The number of aliphatic hydroxyl groups is 1. The van der Waals surface area contributed by atoms with E-state index in [1.54, 1.807) is 13.1 Å². The smallest absolute Gasteiger partial charge is 0.170 e. The quantitative estimate of drug-likeness (QED) is 0.754. The number of para-hydroxylation sites is 1. The van der Waals surface area contributed by atoms with Crippen molar-refractivity contribution in [1.82, 2.24) is 4.98 Å². The summed E-state index contributed by atoms with van der Waals surface area (Å²) in [7, 11) is 0. The highest BCUT2D eigenvalue weighted by atomic mass is 32.1.